The fraction of sp³-hybridized carbons (Fsp3) is 0.448. The molecule has 0 amide bonds. The van der Waals surface area contributed by atoms with E-state index >= 15 is 0 Å². The molecule has 36 heavy (non-hydrogen) atoms. The van der Waals surface area contributed by atoms with Crippen LogP contribution in [0.1, 0.15) is 34.0 Å². The van der Waals surface area contributed by atoms with E-state index in [1.807, 2.05) is 23.5 Å². The van der Waals surface area contributed by atoms with Crippen molar-refractivity contribution >= 4 is 11.3 Å². The third-order valence-electron chi connectivity index (χ3n) is 7.00. The number of hydrogen-bond donors (Lipinski definition) is 0. The molecule has 3 aromatic rings. The smallest absolute Gasteiger partial charge is 0.161 e. The minimum atomic E-state index is 0.247. The zero-order valence-electron chi connectivity index (χ0n) is 22.1. The first-order valence-electron chi connectivity index (χ1n) is 12.5. The van der Waals surface area contributed by atoms with Crippen molar-refractivity contribution in [2.24, 2.45) is 0 Å². The molecule has 0 bridgehead atoms. The molecule has 0 saturated carbocycles. The standard InChI is InChI=1S/C29H38N2O4S/c1-30(16-11-21-7-9-24(32-2)26(19-21)34-4)14-6-15-31-17-12-28-23(13-18-36-28)29(31)22-8-10-25(33-3)27(20-22)35-5/h7-10,13,18-20,29H,6,11-12,14-17H2,1-5H3. The van der Waals surface area contributed by atoms with Crippen LogP contribution in [0.4, 0.5) is 0 Å². The number of fused-ring (bicyclic) bond motifs is 1. The molecular formula is C29H38N2O4S. The Balaban J connectivity index is 1.37. The number of ether oxygens (including phenoxy) is 4. The molecule has 1 atom stereocenters. The number of benzene rings is 2. The molecule has 1 aromatic heterocycles. The molecule has 1 unspecified atom stereocenters. The van der Waals surface area contributed by atoms with Crippen molar-refractivity contribution in [3.8, 4) is 23.0 Å². The van der Waals surface area contributed by atoms with E-state index in [1.54, 1.807) is 28.4 Å². The van der Waals surface area contributed by atoms with E-state index in [2.05, 4.69) is 52.6 Å². The summed E-state index contributed by atoms with van der Waals surface area (Å²) in [5.74, 6) is 3.11. The Bertz CT molecular complexity index is 1130. The molecule has 1 aliphatic heterocycles. The normalized spacial score (nSPS) is 15.6. The van der Waals surface area contributed by atoms with Gasteiger partial charge in [0.05, 0.1) is 34.5 Å². The van der Waals surface area contributed by atoms with Crippen LogP contribution in [0, 0.1) is 0 Å². The molecule has 4 rings (SSSR count). The maximum Gasteiger partial charge on any atom is 0.161 e. The summed E-state index contributed by atoms with van der Waals surface area (Å²) in [4.78, 5) is 6.54. The van der Waals surface area contributed by atoms with Crippen LogP contribution in [-0.4, -0.2) is 71.5 Å². The monoisotopic (exact) mass is 510 g/mol. The Kier molecular flexibility index (Phi) is 9.13. The fourth-order valence-electron chi connectivity index (χ4n) is 5.03. The van der Waals surface area contributed by atoms with Crippen molar-refractivity contribution in [1.29, 1.82) is 0 Å². The van der Waals surface area contributed by atoms with Crippen molar-refractivity contribution in [1.82, 2.24) is 9.80 Å². The topological polar surface area (TPSA) is 43.4 Å². The average molecular weight is 511 g/mol. The SMILES string of the molecule is COc1ccc(CCN(C)CCCN2CCc3sccc3C2c2ccc(OC)c(OC)c2)cc1OC. The van der Waals surface area contributed by atoms with Gasteiger partial charge < -0.3 is 23.8 Å². The van der Waals surface area contributed by atoms with E-state index in [4.69, 9.17) is 18.9 Å². The Morgan fingerprint density at radius 3 is 2.28 bits per heavy atom. The first kappa shape index (κ1) is 26.3. The van der Waals surface area contributed by atoms with Crippen LogP contribution in [0.2, 0.25) is 0 Å². The van der Waals surface area contributed by atoms with E-state index in [9.17, 15) is 0 Å². The molecule has 1 aliphatic rings. The highest BCUT2D eigenvalue weighted by Crippen LogP contribution is 2.40. The molecule has 7 heteroatoms. The summed E-state index contributed by atoms with van der Waals surface area (Å²) >= 11 is 1.87. The number of thiophene rings is 1. The van der Waals surface area contributed by atoms with Crippen LogP contribution in [0.25, 0.3) is 0 Å². The number of nitrogens with zero attached hydrogens (tertiary/aromatic N) is 2. The molecule has 0 aliphatic carbocycles. The van der Waals surface area contributed by atoms with Gasteiger partial charge in [-0.25, -0.2) is 0 Å². The highest BCUT2D eigenvalue weighted by Gasteiger charge is 2.30. The van der Waals surface area contributed by atoms with Gasteiger partial charge in [-0.2, -0.15) is 0 Å². The summed E-state index contributed by atoms with van der Waals surface area (Å²) in [6.07, 6.45) is 3.21. The second kappa shape index (κ2) is 12.5. The Morgan fingerprint density at radius 2 is 1.56 bits per heavy atom. The average Bonchev–Trinajstić information content (AvgIpc) is 3.40. The van der Waals surface area contributed by atoms with Gasteiger partial charge in [-0.3, -0.25) is 4.90 Å². The van der Waals surface area contributed by atoms with Crippen LogP contribution in [0.3, 0.4) is 0 Å². The van der Waals surface area contributed by atoms with Gasteiger partial charge in [-0.15, -0.1) is 11.3 Å². The summed E-state index contributed by atoms with van der Waals surface area (Å²) in [5, 5.41) is 2.23. The summed E-state index contributed by atoms with van der Waals surface area (Å²) in [6.45, 7) is 4.18. The summed E-state index contributed by atoms with van der Waals surface area (Å²) in [6, 6.07) is 15.1. The fourth-order valence-corrected chi connectivity index (χ4v) is 5.94. The van der Waals surface area contributed by atoms with E-state index in [-0.39, 0.29) is 6.04 Å². The molecule has 2 heterocycles. The molecule has 0 radical (unpaired) electrons. The lowest BCUT2D eigenvalue weighted by atomic mass is 9.93. The van der Waals surface area contributed by atoms with Gasteiger partial charge in [0.15, 0.2) is 23.0 Å². The van der Waals surface area contributed by atoms with Crippen LogP contribution < -0.4 is 18.9 Å². The molecule has 0 spiro atoms. The predicted molar refractivity (Wildman–Crippen MR) is 146 cm³/mol. The van der Waals surface area contributed by atoms with Gasteiger partial charge in [0.25, 0.3) is 0 Å². The van der Waals surface area contributed by atoms with Gasteiger partial charge in [-0.05, 0) is 85.3 Å². The number of hydrogen-bond acceptors (Lipinski definition) is 7. The number of methoxy groups -OCH3 is 4. The molecule has 2 aromatic carbocycles. The Hall–Kier alpha value is -2.74. The molecule has 194 valence electrons. The first-order chi connectivity index (χ1) is 17.6. The third-order valence-corrected chi connectivity index (χ3v) is 8.00. The number of likely N-dealkylation sites (N-methyl/N-ethyl adjacent to an activating group) is 1. The van der Waals surface area contributed by atoms with Crippen molar-refractivity contribution in [2.45, 2.75) is 25.3 Å². The third kappa shape index (κ3) is 5.97. The second-order valence-electron chi connectivity index (χ2n) is 9.20. The Labute approximate surface area is 219 Å². The van der Waals surface area contributed by atoms with Crippen molar-refractivity contribution in [3.05, 3.63) is 69.4 Å². The van der Waals surface area contributed by atoms with Crippen molar-refractivity contribution in [3.63, 3.8) is 0 Å². The second-order valence-corrected chi connectivity index (χ2v) is 10.2. The summed E-state index contributed by atoms with van der Waals surface area (Å²) in [7, 11) is 8.95. The zero-order valence-corrected chi connectivity index (χ0v) is 22.9. The van der Waals surface area contributed by atoms with E-state index in [0.717, 1.165) is 68.4 Å². The molecule has 6 nitrogen and oxygen atoms in total. The van der Waals surface area contributed by atoms with E-state index in [0.29, 0.717) is 0 Å². The van der Waals surface area contributed by atoms with Gasteiger partial charge in [0.1, 0.15) is 0 Å². The predicted octanol–water partition coefficient (Wildman–Crippen LogP) is 5.29. The van der Waals surface area contributed by atoms with Crippen molar-refractivity contribution < 1.29 is 18.9 Å². The highest BCUT2D eigenvalue weighted by atomic mass is 32.1. The van der Waals surface area contributed by atoms with Crippen LogP contribution >= 0.6 is 11.3 Å². The molecule has 0 fully saturated rings. The maximum atomic E-state index is 5.61. The van der Waals surface area contributed by atoms with Gasteiger partial charge in [-0.1, -0.05) is 12.1 Å². The highest BCUT2D eigenvalue weighted by molar-refractivity contribution is 7.10. The minimum Gasteiger partial charge on any atom is -0.493 e. The zero-order chi connectivity index (χ0) is 25.5. The minimum absolute atomic E-state index is 0.247. The Morgan fingerprint density at radius 1 is 0.861 bits per heavy atom. The lowest BCUT2D eigenvalue weighted by Gasteiger charge is -2.37. The number of rotatable bonds is 12. The largest absolute Gasteiger partial charge is 0.493 e. The van der Waals surface area contributed by atoms with E-state index < -0.39 is 0 Å². The lowest BCUT2D eigenvalue weighted by molar-refractivity contribution is 0.199. The van der Waals surface area contributed by atoms with Crippen LogP contribution in [-0.2, 0) is 12.8 Å². The lowest BCUT2D eigenvalue weighted by Crippen LogP contribution is -2.37. The molecular weight excluding hydrogens is 472 g/mol. The summed E-state index contributed by atoms with van der Waals surface area (Å²) in [5.41, 5.74) is 3.95. The van der Waals surface area contributed by atoms with Crippen molar-refractivity contribution in [2.75, 3.05) is 61.7 Å². The maximum absolute atomic E-state index is 5.61. The van der Waals surface area contributed by atoms with Gasteiger partial charge >= 0.3 is 0 Å². The van der Waals surface area contributed by atoms with Gasteiger partial charge in [0.2, 0.25) is 0 Å². The molecule has 0 N–H and O–H groups in total. The van der Waals surface area contributed by atoms with Crippen LogP contribution in [0.5, 0.6) is 23.0 Å². The van der Waals surface area contributed by atoms with E-state index in [1.165, 1.54) is 21.6 Å². The quantitative estimate of drug-likeness (QED) is 0.330. The first-order valence-corrected chi connectivity index (χ1v) is 13.4. The van der Waals surface area contributed by atoms with Gasteiger partial charge in [0, 0.05) is 24.5 Å². The van der Waals surface area contributed by atoms with Crippen LogP contribution in [0.15, 0.2) is 47.8 Å². The summed E-state index contributed by atoms with van der Waals surface area (Å²) < 4.78 is 21.9. The molecule has 0 saturated heterocycles.